The van der Waals surface area contributed by atoms with Crippen LogP contribution in [0.2, 0.25) is 0 Å². The molecule has 3 rings (SSSR count). The van der Waals surface area contributed by atoms with E-state index in [4.69, 9.17) is 10.5 Å². The summed E-state index contributed by atoms with van der Waals surface area (Å²) >= 11 is 1.47. The molecule has 1 saturated heterocycles. The number of thioether (sulfide) groups is 1. The smallest absolute Gasteiger partial charge is 0.223 e. The lowest BCUT2D eigenvalue weighted by Gasteiger charge is -2.39. The van der Waals surface area contributed by atoms with Crippen LogP contribution in [0, 0.1) is 23.2 Å². The van der Waals surface area contributed by atoms with Gasteiger partial charge in [-0.1, -0.05) is 30.5 Å². The number of carbonyl (C=O) groups is 1. The summed E-state index contributed by atoms with van der Waals surface area (Å²) in [5.41, 5.74) is 6.37. The number of hydrogen-bond acceptors (Lipinski definition) is 7. The third kappa shape index (κ3) is 6.87. The van der Waals surface area contributed by atoms with E-state index < -0.39 is 0 Å². The molecule has 0 aromatic rings. The zero-order chi connectivity index (χ0) is 22.9. The van der Waals surface area contributed by atoms with Crippen LogP contribution in [-0.4, -0.2) is 60.9 Å². The minimum Gasteiger partial charge on any atom is -0.489 e. The van der Waals surface area contributed by atoms with Crippen LogP contribution in [0.1, 0.15) is 19.8 Å². The van der Waals surface area contributed by atoms with E-state index in [1.807, 2.05) is 41.5 Å². The Morgan fingerprint density at radius 3 is 2.84 bits per heavy atom. The highest BCUT2D eigenvalue weighted by Crippen LogP contribution is 2.24. The van der Waals surface area contributed by atoms with Gasteiger partial charge < -0.3 is 15.4 Å². The van der Waals surface area contributed by atoms with Gasteiger partial charge >= 0.3 is 0 Å². The number of carbonyl (C=O) groups excluding carboxylic acids is 1. The van der Waals surface area contributed by atoms with Gasteiger partial charge in [-0.05, 0) is 42.9 Å². The highest BCUT2D eigenvalue weighted by molar-refractivity contribution is 8.05. The summed E-state index contributed by atoms with van der Waals surface area (Å²) in [6.45, 7) is 9.04. The molecule has 2 N–H and O–H groups in total. The van der Waals surface area contributed by atoms with E-state index >= 15 is 0 Å². The van der Waals surface area contributed by atoms with E-state index in [2.05, 4.69) is 28.6 Å². The highest BCUT2D eigenvalue weighted by atomic mass is 32.2. The maximum atomic E-state index is 12.8. The summed E-state index contributed by atoms with van der Waals surface area (Å²) < 4.78 is 5.78. The Morgan fingerprint density at radius 2 is 2.19 bits per heavy atom. The van der Waals surface area contributed by atoms with Gasteiger partial charge in [0, 0.05) is 49.4 Å². The first-order valence-electron chi connectivity index (χ1n) is 10.9. The monoisotopic (exact) mass is 453 g/mol. The number of allylic oxidation sites excluding steroid dienone is 5. The fourth-order valence-electron chi connectivity index (χ4n) is 3.80. The van der Waals surface area contributed by atoms with Gasteiger partial charge in [0.1, 0.15) is 24.4 Å². The third-order valence-corrected chi connectivity index (χ3v) is 6.50. The van der Waals surface area contributed by atoms with Gasteiger partial charge in [-0.15, -0.1) is 0 Å². The quantitative estimate of drug-likeness (QED) is 0.607. The van der Waals surface area contributed by atoms with E-state index in [0.29, 0.717) is 26.1 Å². The summed E-state index contributed by atoms with van der Waals surface area (Å²) in [7, 11) is 0. The number of piperazine rings is 1. The zero-order valence-electron chi connectivity index (χ0n) is 18.5. The summed E-state index contributed by atoms with van der Waals surface area (Å²) in [4.78, 5) is 22.3. The lowest BCUT2D eigenvalue weighted by atomic mass is 9.95. The number of nitrogens with zero attached hydrogens (tertiary/aromatic N) is 4. The molecule has 0 spiro atoms. The van der Waals surface area contributed by atoms with Crippen molar-refractivity contribution in [1.82, 2.24) is 9.80 Å². The molecular formula is C24H31N5O2S. The van der Waals surface area contributed by atoms with Crippen molar-refractivity contribution < 1.29 is 9.53 Å². The number of dihydropyridines is 1. The Bertz CT molecular complexity index is 887. The van der Waals surface area contributed by atoms with Crippen LogP contribution in [0.15, 0.2) is 63.7 Å². The Labute approximate surface area is 194 Å². The summed E-state index contributed by atoms with van der Waals surface area (Å²) in [6.07, 6.45) is 12.6. The largest absolute Gasteiger partial charge is 0.489 e. The Morgan fingerprint density at radius 1 is 1.41 bits per heavy atom. The molecule has 8 heteroatoms. The molecule has 0 aromatic heterocycles. The average molecular weight is 454 g/mol. The van der Waals surface area contributed by atoms with E-state index in [1.165, 1.54) is 11.8 Å². The Hall–Kier alpha value is -2.76. The van der Waals surface area contributed by atoms with Gasteiger partial charge in [-0.2, -0.15) is 5.26 Å². The fraction of sp³-hybridized carbons (Fsp3) is 0.458. The maximum absolute atomic E-state index is 12.8. The second-order valence-corrected chi connectivity index (χ2v) is 9.19. The number of amides is 1. The van der Waals surface area contributed by atoms with Gasteiger partial charge in [-0.25, -0.2) is 0 Å². The first-order chi connectivity index (χ1) is 15.5. The summed E-state index contributed by atoms with van der Waals surface area (Å²) in [5, 5.41) is 11.2. The number of nitriles is 1. The van der Waals surface area contributed by atoms with Gasteiger partial charge in [0.2, 0.25) is 5.91 Å². The topological polar surface area (TPSA) is 95.0 Å². The van der Waals surface area contributed by atoms with Gasteiger partial charge in [0.15, 0.2) is 0 Å². The van der Waals surface area contributed by atoms with Crippen molar-refractivity contribution >= 4 is 23.9 Å². The van der Waals surface area contributed by atoms with Gasteiger partial charge in [-0.3, -0.25) is 14.7 Å². The summed E-state index contributed by atoms with van der Waals surface area (Å²) in [6, 6.07) is 2.31. The molecule has 0 bridgehead atoms. The first-order valence-corrected chi connectivity index (χ1v) is 11.7. The third-order valence-electron chi connectivity index (χ3n) is 5.56. The number of rotatable bonds is 8. The first kappa shape index (κ1) is 23.9. The molecule has 0 radical (unpaired) electrons. The predicted octanol–water partition coefficient (Wildman–Crippen LogP) is 3.17. The molecule has 0 saturated carbocycles. The molecule has 1 fully saturated rings. The van der Waals surface area contributed by atoms with Crippen LogP contribution in [0.3, 0.4) is 0 Å². The minimum atomic E-state index is -0.227. The molecule has 2 heterocycles. The van der Waals surface area contributed by atoms with E-state index in [9.17, 15) is 10.1 Å². The van der Waals surface area contributed by atoms with Crippen LogP contribution < -0.4 is 5.73 Å². The van der Waals surface area contributed by atoms with Crippen molar-refractivity contribution in [3.63, 3.8) is 0 Å². The number of ether oxygens (including phenoxy) is 1. The molecule has 1 aliphatic carbocycles. The number of hydrogen-bond donors (Lipinski definition) is 1. The summed E-state index contributed by atoms with van der Waals surface area (Å²) in [5.74, 6) is 0.945. The molecule has 170 valence electrons. The van der Waals surface area contributed by atoms with E-state index in [-0.39, 0.29) is 23.9 Å². The Balaban J connectivity index is 1.38. The van der Waals surface area contributed by atoms with Crippen molar-refractivity contribution in [3.05, 3.63) is 58.7 Å². The fourth-order valence-corrected chi connectivity index (χ4v) is 4.28. The molecular weight excluding hydrogens is 422 g/mol. The second kappa shape index (κ2) is 11.7. The van der Waals surface area contributed by atoms with Crippen molar-refractivity contribution in [1.29, 1.82) is 5.26 Å². The van der Waals surface area contributed by atoms with Crippen molar-refractivity contribution in [2.45, 2.75) is 25.9 Å². The molecule has 0 aromatic carbocycles. The van der Waals surface area contributed by atoms with Crippen molar-refractivity contribution in [2.24, 2.45) is 22.6 Å². The van der Waals surface area contributed by atoms with Crippen LogP contribution in [0.4, 0.5) is 0 Å². The second-order valence-electron chi connectivity index (χ2n) is 8.14. The molecule has 32 heavy (non-hydrogen) atoms. The molecule has 3 unspecified atom stereocenters. The predicted molar refractivity (Wildman–Crippen MR) is 129 cm³/mol. The lowest BCUT2D eigenvalue weighted by Crippen LogP contribution is -2.53. The normalized spacial score (nSPS) is 25.9. The van der Waals surface area contributed by atoms with Crippen LogP contribution in [0.25, 0.3) is 0 Å². The van der Waals surface area contributed by atoms with Gasteiger partial charge in [0.05, 0.1) is 6.07 Å². The SMILES string of the molecule is C=C(COC1=CCC(CC(=O)N2CCN(C3N=CC=CC3C#N)CC2)C=C1)S/C=C(/C)N. The number of nitrogens with two attached hydrogens (primary N) is 1. The van der Waals surface area contributed by atoms with Crippen LogP contribution >= 0.6 is 11.8 Å². The molecule has 1 amide bonds. The lowest BCUT2D eigenvalue weighted by molar-refractivity contribution is -0.134. The number of aliphatic imine (C=N–C) groups is 1. The molecule has 3 aliphatic rings. The Kier molecular flexibility index (Phi) is 8.77. The van der Waals surface area contributed by atoms with E-state index in [0.717, 1.165) is 35.9 Å². The van der Waals surface area contributed by atoms with Crippen LogP contribution in [-0.2, 0) is 9.53 Å². The van der Waals surface area contributed by atoms with Gasteiger partial charge in [0.25, 0.3) is 0 Å². The van der Waals surface area contributed by atoms with Crippen molar-refractivity contribution in [3.8, 4) is 6.07 Å². The van der Waals surface area contributed by atoms with Crippen LogP contribution in [0.5, 0.6) is 0 Å². The van der Waals surface area contributed by atoms with Crippen molar-refractivity contribution in [2.75, 3.05) is 32.8 Å². The molecule has 2 aliphatic heterocycles. The zero-order valence-corrected chi connectivity index (χ0v) is 19.3. The maximum Gasteiger partial charge on any atom is 0.223 e. The van der Waals surface area contributed by atoms with E-state index in [1.54, 1.807) is 6.21 Å². The standard InChI is InChI=1S/C24H31N5O2S/c1-18(26)17-32-19(2)16-31-22-7-5-20(6-8-22)14-23(30)28-10-12-29(13-11-28)24-21(15-25)4-3-9-27-24/h3-5,7-9,17,20-21,24H,2,6,10-14,16,26H2,1H3/b18-17-. The highest BCUT2D eigenvalue weighted by Gasteiger charge is 2.31. The minimum absolute atomic E-state index is 0.142. The molecule has 7 nitrogen and oxygen atoms in total. The average Bonchev–Trinajstić information content (AvgIpc) is 2.82. The molecule has 3 atom stereocenters.